The molecular formula is C14H22N4O. The van der Waals surface area contributed by atoms with Gasteiger partial charge in [-0.2, -0.15) is 0 Å². The highest BCUT2D eigenvalue weighted by molar-refractivity contribution is 5.81. The summed E-state index contributed by atoms with van der Waals surface area (Å²) in [4.78, 5) is 20.2. The predicted molar refractivity (Wildman–Crippen MR) is 74.5 cm³/mol. The van der Waals surface area contributed by atoms with Crippen LogP contribution in [0.2, 0.25) is 0 Å². The lowest BCUT2D eigenvalue weighted by molar-refractivity contribution is -0.134. The number of aromatic nitrogens is 1. The fourth-order valence-electron chi connectivity index (χ4n) is 2.45. The summed E-state index contributed by atoms with van der Waals surface area (Å²) in [5, 5.41) is 0. The molecule has 19 heavy (non-hydrogen) atoms. The van der Waals surface area contributed by atoms with Gasteiger partial charge < -0.3 is 10.6 Å². The fraction of sp³-hybridized carbons (Fsp3) is 0.571. The van der Waals surface area contributed by atoms with E-state index in [0.717, 1.165) is 26.2 Å². The lowest BCUT2D eigenvalue weighted by Crippen LogP contribution is -2.52. The van der Waals surface area contributed by atoms with Gasteiger partial charge in [-0.1, -0.05) is 6.07 Å². The summed E-state index contributed by atoms with van der Waals surface area (Å²) in [6.45, 7) is 7.20. The average Bonchev–Trinajstić information content (AvgIpc) is 2.46. The Morgan fingerprint density at radius 1 is 1.32 bits per heavy atom. The lowest BCUT2D eigenvalue weighted by atomic mass is 10.1. The van der Waals surface area contributed by atoms with Gasteiger partial charge in [0, 0.05) is 44.6 Å². The number of carbonyl (C=O) groups is 1. The molecule has 5 heteroatoms. The Labute approximate surface area is 114 Å². The van der Waals surface area contributed by atoms with Crippen LogP contribution < -0.4 is 5.73 Å². The van der Waals surface area contributed by atoms with Crippen molar-refractivity contribution in [2.24, 2.45) is 5.73 Å². The van der Waals surface area contributed by atoms with Crippen LogP contribution in [0.4, 0.5) is 0 Å². The highest BCUT2D eigenvalue weighted by Crippen LogP contribution is 2.20. The molecule has 1 amide bonds. The van der Waals surface area contributed by atoms with Crippen molar-refractivity contribution < 1.29 is 4.79 Å². The monoisotopic (exact) mass is 262 g/mol. The Bertz CT molecular complexity index is 413. The van der Waals surface area contributed by atoms with E-state index in [1.54, 1.807) is 13.1 Å². The van der Waals surface area contributed by atoms with Crippen molar-refractivity contribution in [3.63, 3.8) is 0 Å². The molecule has 104 valence electrons. The third-order valence-electron chi connectivity index (χ3n) is 3.73. The van der Waals surface area contributed by atoms with Gasteiger partial charge in [-0.3, -0.25) is 14.7 Å². The van der Waals surface area contributed by atoms with Crippen LogP contribution in [-0.4, -0.2) is 52.9 Å². The van der Waals surface area contributed by atoms with Crippen LogP contribution in [0.3, 0.4) is 0 Å². The van der Waals surface area contributed by atoms with Gasteiger partial charge in [0.05, 0.1) is 6.04 Å². The van der Waals surface area contributed by atoms with Gasteiger partial charge in [0.2, 0.25) is 5.91 Å². The van der Waals surface area contributed by atoms with Crippen molar-refractivity contribution in [1.29, 1.82) is 0 Å². The van der Waals surface area contributed by atoms with Crippen LogP contribution in [0.1, 0.15) is 25.5 Å². The molecule has 2 heterocycles. The molecule has 0 radical (unpaired) electrons. The number of amides is 1. The van der Waals surface area contributed by atoms with E-state index in [-0.39, 0.29) is 5.91 Å². The second kappa shape index (κ2) is 6.12. The number of piperazine rings is 1. The molecule has 0 aromatic carbocycles. The van der Waals surface area contributed by atoms with E-state index in [4.69, 9.17) is 5.73 Å². The van der Waals surface area contributed by atoms with Gasteiger partial charge in [0.15, 0.2) is 0 Å². The maximum atomic E-state index is 11.8. The minimum Gasteiger partial charge on any atom is -0.339 e. The first-order chi connectivity index (χ1) is 9.09. The van der Waals surface area contributed by atoms with Crippen molar-refractivity contribution in [2.45, 2.75) is 25.9 Å². The normalized spacial score (nSPS) is 20.1. The van der Waals surface area contributed by atoms with Gasteiger partial charge in [0.1, 0.15) is 0 Å². The lowest BCUT2D eigenvalue weighted by Gasteiger charge is -2.38. The van der Waals surface area contributed by atoms with Gasteiger partial charge >= 0.3 is 0 Å². The highest BCUT2D eigenvalue weighted by Gasteiger charge is 2.25. The smallest absolute Gasteiger partial charge is 0.239 e. The molecule has 1 aromatic rings. The highest BCUT2D eigenvalue weighted by atomic mass is 16.2. The summed E-state index contributed by atoms with van der Waals surface area (Å²) in [5.41, 5.74) is 6.86. The second-order valence-electron chi connectivity index (χ2n) is 5.11. The zero-order chi connectivity index (χ0) is 13.8. The summed E-state index contributed by atoms with van der Waals surface area (Å²) in [6.07, 6.45) is 3.69. The molecule has 0 spiro atoms. The van der Waals surface area contributed by atoms with Gasteiger partial charge in [-0.25, -0.2) is 0 Å². The van der Waals surface area contributed by atoms with E-state index in [1.165, 1.54) is 5.56 Å². The van der Waals surface area contributed by atoms with Gasteiger partial charge in [-0.05, 0) is 25.5 Å². The molecule has 2 atom stereocenters. The SMILES string of the molecule is CC(c1cccnc1)N1CCN(C(=O)[C@@H](C)N)CC1. The Morgan fingerprint density at radius 3 is 2.53 bits per heavy atom. The molecular weight excluding hydrogens is 240 g/mol. The first-order valence-electron chi connectivity index (χ1n) is 6.78. The van der Waals surface area contributed by atoms with E-state index in [0.29, 0.717) is 6.04 Å². The number of nitrogens with two attached hydrogens (primary N) is 1. The van der Waals surface area contributed by atoms with Crippen molar-refractivity contribution in [1.82, 2.24) is 14.8 Å². The number of carbonyl (C=O) groups excluding carboxylic acids is 1. The Balaban J connectivity index is 1.91. The van der Waals surface area contributed by atoms with E-state index >= 15 is 0 Å². The minimum atomic E-state index is -0.401. The summed E-state index contributed by atoms with van der Waals surface area (Å²) in [6, 6.07) is 3.99. The van der Waals surface area contributed by atoms with Crippen molar-refractivity contribution in [3.05, 3.63) is 30.1 Å². The average molecular weight is 262 g/mol. The Hall–Kier alpha value is -1.46. The van der Waals surface area contributed by atoms with Gasteiger partial charge in [-0.15, -0.1) is 0 Å². The number of hydrogen-bond donors (Lipinski definition) is 1. The molecule has 0 saturated carbocycles. The topological polar surface area (TPSA) is 62.5 Å². The van der Waals surface area contributed by atoms with Crippen LogP contribution in [0.25, 0.3) is 0 Å². The zero-order valence-electron chi connectivity index (χ0n) is 11.6. The maximum absolute atomic E-state index is 11.8. The van der Waals surface area contributed by atoms with E-state index in [2.05, 4.69) is 22.9 Å². The third-order valence-corrected chi connectivity index (χ3v) is 3.73. The second-order valence-corrected chi connectivity index (χ2v) is 5.11. The molecule has 1 saturated heterocycles. The number of nitrogens with zero attached hydrogens (tertiary/aromatic N) is 3. The number of rotatable bonds is 3. The number of hydrogen-bond acceptors (Lipinski definition) is 4. The van der Waals surface area contributed by atoms with Crippen molar-refractivity contribution >= 4 is 5.91 Å². The molecule has 5 nitrogen and oxygen atoms in total. The number of pyridine rings is 1. The summed E-state index contributed by atoms with van der Waals surface area (Å²) < 4.78 is 0. The largest absolute Gasteiger partial charge is 0.339 e. The fourth-order valence-corrected chi connectivity index (χ4v) is 2.45. The molecule has 1 fully saturated rings. The van der Waals surface area contributed by atoms with E-state index in [1.807, 2.05) is 17.2 Å². The van der Waals surface area contributed by atoms with Crippen molar-refractivity contribution in [2.75, 3.05) is 26.2 Å². The maximum Gasteiger partial charge on any atom is 0.239 e. The van der Waals surface area contributed by atoms with Crippen LogP contribution >= 0.6 is 0 Å². The summed E-state index contributed by atoms with van der Waals surface area (Å²) in [5.74, 6) is 0.0497. The molecule has 1 aliphatic heterocycles. The van der Waals surface area contributed by atoms with Crippen molar-refractivity contribution in [3.8, 4) is 0 Å². The zero-order valence-corrected chi connectivity index (χ0v) is 11.6. The van der Waals surface area contributed by atoms with Crippen LogP contribution in [0.5, 0.6) is 0 Å². The Kier molecular flexibility index (Phi) is 4.50. The first-order valence-corrected chi connectivity index (χ1v) is 6.78. The molecule has 2 N–H and O–H groups in total. The van der Waals surface area contributed by atoms with E-state index in [9.17, 15) is 4.79 Å². The quantitative estimate of drug-likeness (QED) is 0.868. The predicted octanol–water partition coefficient (Wildman–Crippen LogP) is 0.634. The molecule has 1 unspecified atom stereocenters. The Morgan fingerprint density at radius 2 is 2.00 bits per heavy atom. The molecule has 1 aliphatic rings. The standard InChI is InChI=1S/C14H22N4O/c1-11(15)14(19)18-8-6-17(7-9-18)12(2)13-4-3-5-16-10-13/h3-5,10-12H,6-9,15H2,1-2H3/t11-,12?/m1/s1. The summed E-state index contributed by atoms with van der Waals surface area (Å²) in [7, 11) is 0. The molecule has 0 bridgehead atoms. The molecule has 0 aliphatic carbocycles. The molecule has 2 rings (SSSR count). The van der Waals surface area contributed by atoms with Gasteiger partial charge in [0.25, 0.3) is 0 Å². The van der Waals surface area contributed by atoms with Crippen LogP contribution in [0, 0.1) is 0 Å². The minimum absolute atomic E-state index is 0.0497. The summed E-state index contributed by atoms with van der Waals surface area (Å²) >= 11 is 0. The van der Waals surface area contributed by atoms with Crippen LogP contribution in [-0.2, 0) is 4.79 Å². The van der Waals surface area contributed by atoms with E-state index < -0.39 is 6.04 Å². The first kappa shape index (κ1) is 14.0. The van der Waals surface area contributed by atoms with Crippen LogP contribution in [0.15, 0.2) is 24.5 Å². The molecule has 1 aromatic heterocycles. The third kappa shape index (κ3) is 3.30.